The summed E-state index contributed by atoms with van der Waals surface area (Å²) in [5, 5.41) is 0. The number of hydrogen-bond donors (Lipinski definition) is 1. The Balaban J connectivity index is 2.08. The van der Waals surface area contributed by atoms with Gasteiger partial charge in [-0.15, -0.1) is 0 Å². The van der Waals surface area contributed by atoms with E-state index >= 15 is 0 Å². The zero-order chi connectivity index (χ0) is 11.6. The van der Waals surface area contributed by atoms with Gasteiger partial charge in [-0.1, -0.05) is 0 Å². The summed E-state index contributed by atoms with van der Waals surface area (Å²) in [6.45, 7) is 5.70. The van der Waals surface area contributed by atoms with Gasteiger partial charge in [0, 0.05) is 31.7 Å². The molecule has 2 rings (SSSR count). The zero-order valence-electron chi connectivity index (χ0n) is 9.67. The summed E-state index contributed by atoms with van der Waals surface area (Å²) < 4.78 is 4.12. The van der Waals surface area contributed by atoms with Crippen LogP contribution in [0.3, 0.4) is 0 Å². The van der Waals surface area contributed by atoms with Crippen LogP contribution in [0.4, 0.5) is 0 Å². The molecule has 86 valence electrons. The minimum absolute atomic E-state index is 0.356. The molecule has 0 spiro atoms. The second-order valence-electron chi connectivity index (χ2n) is 4.49. The minimum atomic E-state index is -0.356. The second kappa shape index (κ2) is 4.09. The highest BCUT2D eigenvalue weighted by molar-refractivity contribution is 5.09. The number of hydrogen-bond acceptors (Lipinski definition) is 3. The third kappa shape index (κ3) is 2.30. The Morgan fingerprint density at radius 2 is 2.06 bits per heavy atom. The van der Waals surface area contributed by atoms with E-state index in [2.05, 4.69) is 14.5 Å². The summed E-state index contributed by atoms with van der Waals surface area (Å²) >= 11 is 0. The predicted molar refractivity (Wildman–Crippen MR) is 61.7 cm³/mol. The molecular weight excluding hydrogens is 202 g/mol. The molecule has 2 N–H and O–H groups in total. The smallest absolute Gasteiger partial charge is 0.0949 e. The van der Waals surface area contributed by atoms with Crippen LogP contribution in [0.2, 0.25) is 0 Å². The first-order valence-electron chi connectivity index (χ1n) is 5.32. The largest absolute Gasteiger partial charge is 0.336 e. The van der Waals surface area contributed by atoms with Crippen molar-refractivity contribution < 1.29 is 0 Å². The molecule has 0 fully saturated rings. The van der Waals surface area contributed by atoms with Crippen LogP contribution in [0.15, 0.2) is 31.2 Å². The Morgan fingerprint density at radius 1 is 1.25 bits per heavy atom. The van der Waals surface area contributed by atoms with Crippen LogP contribution in [0.1, 0.15) is 19.5 Å². The predicted octanol–water partition coefficient (Wildman–Crippen LogP) is 0.974. The SMILES string of the molecule is CC(C)(N)c1cncn1CCn1ccnc1. The van der Waals surface area contributed by atoms with E-state index in [1.54, 1.807) is 6.20 Å². The first kappa shape index (κ1) is 10.9. The molecule has 2 aromatic heterocycles. The molecule has 5 heteroatoms. The number of aryl methyl sites for hydroxylation is 2. The Labute approximate surface area is 94.9 Å². The summed E-state index contributed by atoms with van der Waals surface area (Å²) in [6.07, 6.45) is 9.19. The minimum Gasteiger partial charge on any atom is -0.336 e. The lowest BCUT2D eigenvalue weighted by molar-refractivity contribution is 0.473. The fraction of sp³-hybridized carbons (Fsp3) is 0.455. The highest BCUT2D eigenvalue weighted by atomic mass is 15.1. The molecule has 2 aromatic rings. The molecule has 0 atom stereocenters. The number of nitrogens with two attached hydrogens (primary N) is 1. The maximum atomic E-state index is 6.07. The lowest BCUT2D eigenvalue weighted by Crippen LogP contribution is -2.31. The van der Waals surface area contributed by atoms with Crippen LogP contribution in [-0.4, -0.2) is 19.1 Å². The molecule has 0 aliphatic rings. The average Bonchev–Trinajstić information content (AvgIpc) is 2.85. The van der Waals surface area contributed by atoms with E-state index in [1.807, 2.05) is 43.5 Å². The lowest BCUT2D eigenvalue weighted by atomic mass is 10.0. The van der Waals surface area contributed by atoms with E-state index in [9.17, 15) is 0 Å². The van der Waals surface area contributed by atoms with Crippen molar-refractivity contribution in [1.29, 1.82) is 0 Å². The van der Waals surface area contributed by atoms with Crippen LogP contribution in [-0.2, 0) is 18.6 Å². The topological polar surface area (TPSA) is 61.7 Å². The fourth-order valence-electron chi connectivity index (χ4n) is 1.68. The third-order valence-corrected chi connectivity index (χ3v) is 2.53. The molecule has 0 amide bonds. The molecule has 0 aliphatic heterocycles. The zero-order valence-corrected chi connectivity index (χ0v) is 9.67. The Kier molecular flexibility index (Phi) is 2.78. The van der Waals surface area contributed by atoms with Crippen LogP contribution in [0.25, 0.3) is 0 Å². The van der Waals surface area contributed by atoms with Crippen molar-refractivity contribution in [3.8, 4) is 0 Å². The highest BCUT2D eigenvalue weighted by Gasteiger charge is 2.18. The van der Waals surface area contributed by atoms with Crippen molar-refractivity contribution in [3.63, 3.8) is 0 Å². The molecule has 0 aromatic carbocycles. The van der Waals surface area contributed by atoms with Crippen LogP contribution in [0.5, 0.6) is 0 Å². The van der Waals surface area contributed by atoms with E-state index in [0.29, 0.717) is 0 Å². The first-order chi connectivity index (χ1) is 7.57. The fourth-order valence-corrected chi connectivity index (χ4v) is 1.68. The molecule has 16 heavy (non-hydrogen) atoms. The molecule has 2 heterocycles. The van der Waals surface area contributed by atoms with Crippen molar-refractivity contribution in [1.82, 2.24) is 19.1 Å². The Bertz CT molecular complexity index is 435. The van der Waals surface area contributed by atoms with Crippen LogP contribution in [0, 0.1) is 0 Å². The highest BCUT2D eigenvalue weighted by Crippen LogP contribution is 2.15. The number of imidazole rings is 2. The van der Waals surface area contributed by atoms with Gasteiger partial charge in [0.1, 0.15) is 0 Å². The normalized spacial score (nSPS) is 11.9. The van der Waals surface area contributed by atoms with Gasteiger partial charge in [-0.3, -0.25) is 0 Å². The van der Waals surface area contributed by atoms with Crippen molar-refractivity contribution >= 4 is 0 Å². The van der Waals surface area contributed by atoms with Gasteiger partial charge in [-0.25, -0.2) is 9.97 Å². The van der Waals surface area contributed by atoms with Gasteiger partial charge < -0.3 is 14.9 Å². The maximum absolute atomic E-state index is 6.07. The van der Waals surface area contributed by atoms with Crippen molar-refractivity contribution in [2.75, 3.05) is 0 Å². The lowest BCUT2D eigenvalue weighted by Gasteiger charge is -2.20. The third-order valence-electron chi connectivity index (χ3n) is 2.53. The van der Waals surface area contributed by atoms with Gasteiger partial charge in [-0.05, 0) is 13.8 Å². The van der Waals surface area contributed by atoms with Gasteiger partial charge in [0.25, 0.3) is 0 Å². The van der Waals surface area contributed by atoms with Crippen molar-refractivity contribution in [2.45, 2.75) is 32.5 Å². The number of aromatic nitrogens is 4. The second-order valence-corrected chi connectivity index (χ2v) is 4.49. The van der Waals surface area contributed by atoms with E-state index in [4.69, 9.17) is 5.73 Å². The maximum Gasteiger partial charge on any atom is 0.0949 e. The first-order valence-corrected chi connectivity index (χ1v) is 5.32. The summed E-state index contributed by atoms with van der Waals surface area (Å²) in [7, 11) is 0. The monoisotopic (exact) mass is 219 g/mol. The molecule has 5 nitrogen and oxygen atoms in total. The Morgan fingerprint density at radius 3 is 2.69 bits per heavy atom. The average molecular weight is 219 g/mol. The standard InChI is InChI=1S/C11H17N5/c1-11(2,12)10-7-14-9-16(10)6-5-15-4-3-13-8-15/h3-4,7-9H,5-6,12H2,1-2H3. The van der Waals surface area contributed by atoms with Gasteiger partial charge in [0.15, 0.2) is 0 Å². The quantitative estimate of drug-likeness (QED) is 0.833. The van der Waals surface area contributed by atoms with E-state index in [-0.39, 0.29) is 5.54 Å². The van der Waals surface area contributed by atoms with Crippen molar-refractivity contribution in [2.24, 2.45) is 5.73 Å². The summed E-state index contributed by atoms with van der Waals surface area (Å²) in [6, 6.07) is 0. The Hall–Kier alpha value is -1.62. The van der Waals surface area contributed by atoms with E-state index in [1.165, 1.54) is 0 Å². The number of nitrogens with zero attached hydrogens (tertiary/aromatic N) is 4. The molecule has 0 radical (unpaired) electrons. The van der Waals surface area contributed by atoms with Gasteiger partial charge in [-0.2, -0.15) is 0 Å². The number of rotatable bonds is 4. The molecule has 0 aliphatic carbocycles. The summed E-state index contributed by atoms with van der Waals surface area (Å²) in [5.41, 5.74) is 6.76. The summed E-state index contributed by atoms with van der Waals surface area (Å²) in [5.74, 6) is 0. The van der Waals surface area contributed by atoms with E-state index < -0.39 is 0 Å². The van der Waals surface area contributed by atoms with E-state index in [0.717, 1.165) is 18.8 Å². The molecular formula is C11H17N5. The van der Waals surface area contributed by atoms with Crippen LogP contribution < -0.4 is 5.73 Å². The molecule has 0 bridgehead atoms. The molecule has 0 unspecified atom stereocenters. The van der Waals surface area contributed by atoms with Crippen molar-refractivity contribution in [3.05, 3.63) is 36.9 Å². The van der Waals surface area contributed by atoms with Gasteiger partial charge in [0.2, 0.25) is 0 Å². The molecule has 0 saturated heterocycles. The van der Waals surface area contributed by atoms with Crippen LogP contribution >= 0.6 is 0 Å². The summed E-state index contributed by atoms with van der Waals surface area (Å²) in [4.78, 5) is 8.15. The van der Waals surface area contributed by atoms with Gasteiger partial charge >= 0.3 is 0 Å². The molecule has 0 saturated carbocycles. The van der Waals surface area contributed by atoms with Gasteiger partial charge in [0.05, 0.1) is 23.9 Å².